The SMILES string of the molecule is O=C(CSc1nnc(-c2sc3ccccc3c2Cl)o1)N1CCCCCC1. The van der Waals surface area contributed by atoms with E-state index >= 15 is 0 Å². The van der Waals surface area contributed by atoms with Crippen LogP contribution in [-0.2, 0) is 4.79 Å². The van der Waals surface area contributed by atoms with Crippen LogP contribution in [0.5, 0.6) is 0 Å². The van der Waals surface area contributed by atoms with Crippen LogP contribution in [0, 0.1) is 0 Å². The fraction of sp³-hybridized carbons (Fsp3) is 0.389. The quantitative estimate of drug-likeness (QED) is 0.563. The number of hydrogen-bond donors (Lipinski definition) is 0. The van der Waals surface area contributed by atoms with Gasteiger partial charge >= 0.3 is 0 Å². The maximum Gasteiger partial charge on any atom is 0.277 e. The number of nitrogens with zero attached hydrogens (tertiary/aromatic N) is 3. The van der Waals surface area contributed by atoms with Crippen molar-refractivity contribution < 1.29 is 9.21 Å². The number of thioether (sulfide) groups is 1. The molecule has 0 unspecified atom stereocenters. The Morgan fingerprint density at radius 1 is 1.19 bits per heavy atom. The van der Waals surface area contributed by atoms with E-state index in [1.807, 2.05) is 29.2 Å². The van der Waals surface area contributed by atoms with Gasteiger partial charge in [-0.2, -0.15) is 0 Å². The average Bonchev–Trinajstić information content (AvgIpc) is 3.14. The summed E-state index contributed by atoms with van der Waals surface area (Å²) in [4.78, 5) is 15.1. The highest BCUT2D eigenvalue weighted by Gasteiger charge is 2.20. The van der Waals surface area contributed by atoms with Gasteiger partial charge < -0.3 is 9.32 Å². The van der Waals surface area contributed by atoms with E-state index in [0.717, 1.165) is 40.9 Å². The fourth-order valence-corrected chi connectivity index (χ4v) is 5.15. The van der Waals surface area contributed by atoms with Gasteiger partial charge in [-0.3, -0.25) is 4.79 Å². The molecule has 4 rings (SSSR count). The van der Waals surface area contributed by atoms with Gasteiger partial charge in [-0.25, -0.2) is 0 Å². The molecule has 0 saturated carbocycles. The summed E-state index contributed by atoms with van der Waals surface area (Å²) in [6.45, 7) is 1.71. The number of fused-ring (bicyclic) bond motifs is 1. The van der Waals surface area contributed by atoms with E-state index < -0.39 is 0 Å². The first kappa shape index (κ1) is 17.8. The van der Waals surface area contributed by atoms with E-state index in [0.29, 0.717) is 21.9 Å². The van der Waals surface area contributed by atoms with E-state index in [1.165, 1.54) is 35.9 Å². The summed E-state index contributed by atoms with van der Waals surface area (Å²) >= 11 is 9.27. The summed E-state index contributed by atoms with van der Waals surface area (Å²) in [5, 5.41) is 10.2. The highest BCUT2D eigenvalue weighted by molar-refractivity contribution is 7.99. The lowest BCUT2D eigenvalue weighted by atomic mass is 10.2. The second-order valence-corrected chi connectivity index (χ2v) is 8.55. The maximum absolute atomic E-state index is 12.4. The summed E-state index contributed by atoms with van der Waals surface area (Å²) in [5.41, 5.74) is 0. The Kier molecular flexibility index (Phi) is 5.47. The molecule has 2 aromatic heterocycles. The molecule has 5 nitrogen and oxygen atoms in total. The zero-order chi connectivity index (χ0) is 17.9. The topological polar surface area (TPSA) is 59.2 Å². The standard InChI is InChI=1S/C18H18ClN3O2S2/c19-15-12-7-3-4-8-13(12)26-16(15)17-20-21-18(24-17)25-11-14(23)22-9-5-1-2-6-10-22/h3-4,7-8H,1-2,5-6,9-11H2. The van der Waals surface area contributed by atoms with E-state index in [-0.39, 0.29) is 5.91 Å². The average molecular weight is 408 g/mol. The molecule has 0 aliphatic carbocycles. The molecule has 3 heterocycles. The van der Waals surface area contributed by atoms with E-state index in [1.54, 1.807) is 0 Å². The molecule has 1 aliphatic rings. The van der Waals surface area contributed by atoms with Crippen LogP contribution in [0.2, 0.25) is 5.02 Å². The summed E-state index contributed by atoms with van der Waals surface area (Å²) < 4.78 is 6.82. The first-order valence-electron chi connectivity index (χ1n) is 8.64. The van der Waals surface area contributed by atoms with Crippen molar-refractivity contribution in [2.24, 2.45) is 0 Å². The third kappa shape index (κ3) is 3.75. The second-order valence-electron chi connectivity index (χ2n) is 6.20. The predicted molar refractivity (Wildman–Crippen MR) is 106 cm³/mol. The Bertz CT molecular complexity index is 916. The summed E-state index contributed by atoms with van der Waals surface area (Å²) in [5.74, 6) is 0.861. The van der Waals surface area contributed by atoms with Gasteiger partial charge in [0.1, 0.15) is 4.88 Å². The van der Waals surface area contributed by atoms with Crippen molar-refractivity contribution in [2.45, 2.75) is 30.9 Å². The van der Waals surface area contributed by atoms with Gasteiger partial charge in [0.15, 0.2) is 0 Å². The molecule has 1 aromatic carbocycles. The summed E-state index contributed by atoms with van der Waals surface area (Å²) in [6.07, 6.45) is 4.59. The van der Waals surface area contributed by atoms with Crippen LogP contribution in [0.1, 0.15) is 25.7 Å². The lowest BCUT2D eigenvalue weighted by molar-refractivity contribution is -0.128. The molecule has 1 fully saturated rings. The van der Waals surface area contributed by atoms with Crippen LogP contribution in [0.3, 0.4) is 0 Å². The van der Waals surface area contributed by atoms with Crippen molar-refractivity contribution >= 4 is 50.7 Å². The molecule has 0 N–H and O–H groups in total. The highest BCUT2D eigenvalue weighted by Crippen LogP contribution is 2.41. The van der Waals surface area contributed by atoms with Gasteiger partial charge in [0.25, 0.3) is 11.1 Å². The summed E-state index contributed by atoms with van der Waals surface area (Å²) in [6, 6.07) is 7.92. The number of halogens is 1. The molecule has 1 saturated heterocycles. The zero-order valence-corrected chi connectivity index (χ0v) is 16.5. The molecule has 136 valence electrons. The minimum Gasteiger partial charge on any atom is -0.410 e. The second kappa shape index (κ2) is 7.98. The third-order valence-corrected chi connectivity index (χ3v) is 6.88. The van der Waals surface area contributed by atoms with Gasteiger partial charge in [0.2, 0.25) is 5.91 Å². The molecule has 0 radical (unpaired) electrons. The zero-order valence-electron chi connectivity index (χ0n) is 14.1. The Hall–Kier alpha value is -1.57. The molecule has 8 heteroatoms. The van der Waals surface area contributed by atoms with Crippen LogP contribution < -0.4 is 0 Å². The van der Waals surface area contributed by atoms with Crippen LogP contribution in [-0.4, -0.2) is 39.8 Å². The molecule has 0 spiro atoms. The molecule has 0 atom stereocenters. The minimum absolute atomic E-state index is 0.136. The van der Waals surface area contributed by atoms with Gasteiger partial charge in [0, 0.05) is 23.2 Å². The largest absolute Gasteiger partial charge is 0.410 e. The van der Waals surface area contributed by atoms with Crippen molar-refractivity contribution in [3.05, 3.63) is 29.3 Å². The number of likely N-dealkylation sites (tertiary alicyclic amines) is 1. The first-order chi connectivity index (χ1) is 12.7. The van der Waals surface area contributed by atoms with E-state index in [9.17, 15) is 4.79 Å². The van der Waals surface area contributed by atoms with Crippen LogP contribution >= 0.6 is 34.7 Å². The predicted octanol–water partition coefficient (Wildman–Crippen LogP) is 5.10. The van der Waals surface area contributed by atoms with Crippen LogP contribution in [0.25, 0.3) is 20.9 Å². The van der Waals surface area contributed by atoms with Crippen molar-refractivity contribution in [3.63, 3.8) is 0 Å². The molecular weight excluding hydrogens is 390 g/mol. The first-order valence-corrected chi connectivity index (χ1v) is 10.8. The van der Waals surface area contributed by atoms with Crippen molar-refractivity contribution in [1.29, 1.82) is 0 Å². The number of thiophene rings is 1. The number of benzene rings is 1. The minimum atomic E-state index is 0.136. The molecule has 1 aliphatic heterocycles. The Morgan fingerprint density at radius 3 is 2.73 bits per heavy atom. The molecule has 1 amide bonds. The Morgan fingerprint density at radius 2 is 1.96 bits per heavy atom. The number of aromatic nitrogens is 2. The van der Waals surface area contributed by atoms with Crippen LogP contribution in [0.15, 0.2) is 33.9 Å². The van der Waals surface area contributed by atoms with Gasteiger partial charge in [-0.05, 0) is 18.9 Å². The van der Waals surface area contributed by atoms with E-state index in [2.05, 4.69) is 10.2 Å². The Balaban J connectivity index is 1.44. The third-order valence-electron chi connectivity index (χ3n) is 4.41. The van der Waals surface area contributed by atoms with Crippen molar-refractivity contribution in [2.75, 3.05) is 18.8 Å². The maximum atomic E-state index is 12.4. The highest BCUT2D eigenvalue weighted by atomic mass is 35.5. The monoisotopic (exact) mass is 407 g/mol. The number of carbonyl (C=O) groups is 1. The number of carbonyl (C=O) groups excluding carboxylic acids is 1. The number of amides is 1. The van der Waals surface area contributed by atoms with Crippen molar-refractivity contribution in [1.82, 2.24) is 15.1 Å². The molecule has 26 heavy (non-hydrogen) atoms. The number of rotatable bonds is 4. The van der Waals surface area contributed by atoms with Gasteiger partial charge in [-0.1, -0.05) is 54.4 Å². The number of hydrogen-bond acceptors (Lipinski definition) is 6. The van der Waals surface area contributed by atoms with Crippen LogP contribution in [0.4, 0.5) is 0 Å². The molecule has 3 aromatic rings. The normalized spacial score (nSPS) is 15.3. The van der Waals surface area contributed by atoms with E-state index in [4.69, 9.17) is 16.0 Å². The molecule has 0 bridgehead atoms. The molecular formula is C18H18ClN3O2S2. The van der Waals surface area contributed by atoms with Crippen molar-refractivity contribution in [3.8, 4) is 10.8 Å². The fourth-order valence-electron chi connectivity index (χ4n) is 3.05. The lowest BCUT2D eigenvalue weighted by Crippen LogP contribution is -2.33. The summed E-state index contributed by atoms with van der Waals surface area (Å²) in [7, 11) is 0. The Labute approximate surface area is 164 Å². The van der Waals surface area contributed by atoms with Gasteiger partial charge in [-0.15, -0.1) is 21.5 Å². The van der Waals surface area contributed by atoms with Gasteiger partial charge in [0.05, 0.1) is 10.8 Å². The smallest absolute Gasteiger partial charge is 0.277 e. The lowest BCUT2D eigenvalue weighted by Gasteiger charge is -2.19.